The van der Waals surface area contributed by atoms with Gasteiger partial charge < -0.3 is 10.5 Å². The Kier molecular flexibility index (Phi) is 9.27. The van der Waals surface area contributed by atoms with Gasteiger partial charge in [-0.1, -0.05) is 50.1 Å². The zero-order chi connectivity index (χ0) is 13.4. The van der Waals surface area contributed by atoms with E-state index >= 15 is 0 Å². The molecular weight excluding hydrogens is 262 g/mol. The summed E-state index contributed by atoms with van der Waals surface area (Å²) in [6, 6.07) is 9.41. The van der Waals surface area contributed by atoms with Gasteiger partial charge in [0, 0.05) is 5.92 Å². The topological polar surface area (TPSA) is 52.3 Å². The summed E-state index contributed by atoms with van der Waals surface area (Å²) >= 11 is 0. The molecule has 2 N–H and O–H groups in total. The van der Waals surface area contributed by atoms with E-state index in [0.29, 0.717) is 6.61 Å². The molecule has 2 atom stereocenters. The lowest BCUT2D eigenvalue weighted by molar-refractivity contribution is -0.145. The molecule has 0 radical (unpaired) electrons. The molecule has 0 spiro atoms. The zero-order valence-corrected chi connectivity index (χ0v) is 12.5. The van der Waals surface area contributed by atoms with Gasteiger partial charge in [-0.2, -0.15) is 0 Å². The molecule has 0 saturated heterocycles. The molecule has 0 aliphatic heterocycles. The summed E-state index contributed by atoms with van der Waals surface area (Å²) in [5.41, 5.74) is 7.16. The van der Waals surface area contributed by atoms with E-state index in [9.17, 15) is 4.79 Å². The Bertz CT molecular complexity index is 356. The number of unbranched alkanes of at least 4 members (excludes halogenated alkanes) is 1. The van der Waals surface area contributed by atoms with Crippen LogP contribution in [0.3, 0.4) is 0 Å². The lowest BCUT2D eigenvalue weighted by Gasteiger charge is -2.22. The number of hydrogen-bond donors (Lipinski definition) is 1. The van der Waals surface area contributed by atoms with Crippen molar-refractivity contribution in [3.05, 3.63) is 35.9 Å². The minimum absolute atomic E-state index is 0. The second kappa shape index (κ2) is 9.82. The number of carbonyl (C=O) groups excluding carboxylic acids is 1. The minimum atomic E-state index is -0.570. The van der Waals surface area contributed by atoms with Crippen LogP contribution in [0.15, 0.2) is 30.3 Å². The van der Waals surface area contributed by atoms with Crippen molar-refractivity contribution in [2.45, 2.75) is 45.1 Å². The first-order chi connectivity index (χ1) is 8.70. The Balaban J connectivity index is 0.00000324. The van der Waals surface area contributed by atoms with Gasteiger partial charge in [0.25, 0.3) is 0 Å². The molecule has 3 nitrogen and oxygen atoms in total. The van der Waals surface area contributed by atoms with Gasteiger partial charge in [-0.3, -0.25) is 4.79 Å². The molecule has 0 aliphatic carbocycles. The Hall–Kier alpha value is -1.06. The summed E-state index contributed by atoms with van der Waals surface area (Å²) in [5, 5.41) is 0. The highest BCUT2D eigenvalue weighted by Gasteiger charge is 2.26. The molecule has 1 aromatic rings. The Labute approximate surface area is 121 Å². The summed E-state index contributed by atoms with van der Waals surface area (Å²) in [6.45, 7) is 4.31. The van der Waals surface area contributed by atoms with E-state index in [4.69, 9.17) is 10.5 Å². The summed E-state index contributed by atoms with van der Waals surface area (Å²) in [5.74, 6) is -0.257. The van der Waals surface area contributed by atoms with Crippen molar-refractivity contribution in [2.24, 2.45) is 5.73 Å². The van der Waals surface area contributed by atoms with Gasteiger partial charge in [0.2, 0.25) is 0 Å². The summed E-state index contributed by atoms with van der Waals surface area (Å²) in [4.78, 5) is 11.8. The van der Waals surface area contributed by atoms with Crippen LogP contribution in [-0.2, 0) is 9.53 Å². The molecule has 0 heterocycles. The van der Waals surface area contributed by atoms with Crippen molar-refractivity contribution in [2.75, 3.05) is 6.61 Å². The third-order valence-electron chi connectivity index (χ3n) is 3.09. The molecule has 19 heavy (non-hydrogen) atoms. The molecule has 0 amide bonds. The van der Waals surface area contributed by atoms with Gasteiger partial charge in [-0.25, -0.2) is 0 Å². The normalized spacial score (nSPS) is 13.2. The SMILES string of the molecule is CCCCC(c1ccccc1)C(N)C(=O)OCC.Cl. The van der Waals surface area contributed by atoms with Gasteiger partial charge in [0.1, 0.15) is 6.04 Å². The van der Waals surface area contributed by atoms with Crippen molar-refractivity contribution in [1.82, 2.24) is 0 Å². The van der Waals surface area contributed by atoms with Crippen molar-refractivity contribution in [1.29, 1.82) is 0 Å². The van der Waals surface area contributed by atoms with Crippen molar-refractivity contribution < 1.29 is 9.53 Å². The fourth-order valence-corrected chi connectivity index (χ4v) is 2.08. The number of hydrogen-bond acceptors (Lipinski definition) is 3. The van der Waals surface area contributed by atoms with Crippen LogP contribution in [0.5, 0.6) is 0 Å². The molecule has 0 bridgehead atoms. The van der Waals surface area contributed by atoms with Gasteiger partial charge in [0.05, 0.1) is 6.61 Å². The molecule has 2 unspecified atom stereocenters. The maximum atomic E-state index is 11.8. The molecule has 0 aliphatic rings. The molecule has 1 aromatic carbocycles. The van der Waals surface area contributed by atoms with Crippen molar-refractivity contribution >= 4 is 18.4 Å². The van der Waals surface area contributed by atoms with Gasteiger partial charge in [-0.05, 0) is 18.9 Å². The predicted molar refractivity (Wildman–Crippen MR) is 80.6 cm³/mol. The highest BCUT2D eigenvalue weighted by molar-refractivity contribution is 5.85. The Morgan fingerprint density at radius 3 is 2.42 bits per heavy atom. The molecule has 0 fully saturated rings. The average Bonchev–Trinajstić information content (AvgIpc) is 2.40. The van der Waals surface area contributed by atoms with Crippen molar-refractivity contribution in [3.63, 3.8) is 0 Å². The van der Waals surface area contributed by atoms with E-state index in [1.807, 2.05) is 30.3 Å². The van der Waals surface area contributed by atoms with Crippen LogP contribution >= 0.6 is 12.4 Å². The Morgan fingerprint density at radius 1 is 1.26 bits per heavy atom. The van der Waals surface area contributed by atoms with E-state index in [1.54, 1.807) is 6.92 Å². The van der Waals surface area contributed by atoms with Crippen molar-refractivity contribution in [3.8, 4) is 0 Å². The van der Waals surface area contributed by atoms with E-state index in [0.717, 1.165) is 24.8 Å². The van der Waals surface area contributed by atoms with Gasteiger partial charge >= 0.3 is 5.97 Å². The number of esters is 1. The lowest BCUT2D eigenvalue weighted by atomic mass is 9.87. The fraction of sp³-hybridized carbons (Fsp3) is 0.533. The number of ether oxygens (including phenoxy) is 1. The number of rotatable bonds is 7. The highest BCUT2D eigenvalue weighted by Crippen LogP contribution is 2.25. The van der Waals surface area contributed by atoms with Crippen LogP contribution in [0, 0.1) is 0 Å². The number of carbonyl (C=O) groups is 1. The molecule has 4 heteroatoms. The first-order valence-corrected chi connectivity index (χ1v) is 6.67. The van der Waals surface area contributed by atoms with Crippen LogP contribution in [0.1, 0.15) is 44.6 Å². The highest BCUT2D eigenvalue weighted by atomic mass is 35.5. The average molecular weight is 286 g/mol. The third kappa shape index (κ3) is 5.62. The van der Waals surface area contributed by atoms with Gasteiger partial charge in [-0.15, -0.1) is 12.4 Å². The van der Waals surface area contributed by atoms with E-state index < -0.39 is 6.04 Å². The predicted octanol–water partition coefficient (Wildman–Crippen LogP) is 3.27. The van der Waals surface area contributed by atoms with Crippen LogP contribution in [0.4, 0.5) is 0 Å². The number of nitrogens with two attached hydrogens (primary N) is 1. The van der Waals surface area contributed by atoms with Crippen LogP contribution in [-0.4, -0.2) is 18.6 Å². The molecule has 108 valence electrons. The maximum absolute atomic E-state index is 11.8. The minimum Gasteiger partial charge on any atom is -0.465 e. The number of benzene rings is 1. The van der Waals surface area contributed by atoms with Crippen LogP contribution in [0.2, 0.25) is 0 Å². The second-order valence-electron chi connectivity index (χ2n) is 4.44. The summed E-state index contributed by atoms with van der Waals surface area (Å²) in [7, 11) is 0. The lowest BCUT2D eigenvalue weighted by Crippen LogP contribution is -2.38. The van der Waals surface area contributed by atoms with Crippen LogP contribution in [0.25, 0.3) is 0 Å². The second-order valence-corrected chi connectivity index (χ2v) is 4.44. The summed E-state index contributed by atoms with van der Waals surface area (Å²) < 4.78 is 5.02. The van der Waals surface area contributed by atoms with E-state index in [2.05, 4.69) is 6.92 Å². The monoisotopic (exact) mass is 285 g/mol. The first-order valence-electron chi connectivity index (χ1n) is 6.67. The molecular formula is C15H24ClNO2. The molecule has 0 saturated carbocycles. The maximum Gasteiger partial charge on any atom is 0.323 e. The zero-order valence-electron chi connectivity index (χ0n) is 11.7. The standard InChI is InChI=1S/C15H23NO2.ClH/c1-3-5-11-13(12-9-7-6-8-10-12)14(16)15(17)18-4-2;/h6-10,13-14H,3-5,11,16H2,1-2H3;1H. The fourth-order valence-electron chi connectivity index (χ4n) is 2.08. The van der Waals surface area contributed by atoms with Gasteiger partial charge in [0.15, 0.2) is 0 Å². The number of halogens is 1. The Morgan fingerprint density at radius 2 is 1.89 bits per heavy atom. The first kappa shape index (κ1) is 17.9. The quantitative estimate of drug-likeness (QED) is 0.782. The smallest absolute Gasteiger partial charge is 0.323 e. The summed E-state index contributed by atoms with van der Waals surface area (Å²) in [6.07, 6.45) is 3.08. The molecule has 1 rings (SSSR count). The van der Waals surface area contributed by atoms with Crippen LogP contribution < -0.4 is 5.73 Å². The third-order valence-corrected chi connectivity index (χ3v) is 3.09. The van der Waals surface area contributed by atoms with E-state index in [-0.39, 0.29) is 24.3 Å². The van der Waals surface area contributed by atoms with E-state index in [1.165, 1.54) is 0 Å². The largest absolute Gasteiger partial charge is 0.465 e. The molecule has 0 aromatic heterocycles.